The van der Waals surface area contributed by atoms with Crippen LogP contribution in [0.15, 0.2) is 30.3 Å². The Balaban J connectivity index is 2.21. The van der Waals surface area contributed by atoms with Crippen molar-refractivity contribution < 1.29 is 23.0 Å². The zero-order valence-electron chi connectivity index (χ0n) is 13.2. The Morgan fingerprint density at radius 1 is 1.30 bits per heavy atom. The molecule has 0 bridgehead atoms. The minimum atomic E-state index is -2.43. The van der Waals surface area contributed by atoms with Crippen LogP contribution in [-0.2, 0) is 9.53 Å². The molecule has 23 heavy (non-hydrogen) atoms. The number of ether oxygens (including phenoxy) is 2. The van der Waals surface area contributed by atoms with Crippen molar-refractivity contribution in [1.29, 1.82) is 0 Å². The lowest BCUT2D eigenvalue weighted by Crippen LogP contribution is -2.42. The van der Waals surface area contributed by atoms with Crippen LogP contribution >= 0.6 is 0 Å². The molecule has 1 aliphatic heterocycles. The van der Waals surface area contributed by atoms with Crippen LogP contribution in [0.3, 0.4) is 0 Å². The highest BCUT2D eigenvalue weighted by Gasteiger charge is 2.35. The summed E-state index contributed by atoms with van der Waals surface area (Å²) in [5.74, 6) is -0.330. The Bertz CT molecular complexity index is 498. The van der Waals surface area contributed by atoms with E-state index in [0.29, 0.717) is 25.0 Å². The number of rotatable bonds is 4. The van der Waals surface area contributed by atoms with Crippen molar-refractivity contribution in [2.45, 2.75) is 57.3 Å². The SMILES string of the molecule is C[C@@H]1OC(=O)[C@@H](N)CCC[C@H](CC(F)F)[C@H]1Oc1ccccc1. The molecule has 0 unspecified atom stereocenters. The number of halogens is 2. The molecule has 1 saturated heterocycles. The summed E-state index contributed by atoms with van der Waals surface area (Å²) in [4.78, 5) is 11.9. The molecule has 1 aromatic rings. The third-order valence-electron chi connectivity index (χ3n) is 4.12. The van der Waals surface area contributed by atoms with Gasteiger partial charge < -0.3 is 15.2 Å². The third kappa shape index (κ3) is 5.16. The topological polar surface area (TPSA) is 61.5 Å². The summed E-state index contributed by atoms with van der Waals surface area (Å²) in [7, 11) is 0. The first-order valence-electron chi connectivity index (χ1n) is 7.93. The number of hydrogen-bond acceptors (Lipinski definition) is 4. The number of esters is 1. The molecular formula is C17H23F2NO3. The maximum absolute atomic E-state index is 13.0. The first kappa shape index (κ1) is 17.7. The maximum Gasteiger partial charge on any atom is 0.323 e. The zero-order chi connectivity index (χ0) is 16.8. The maximum atomic E-state index is 13.0. The molecule has 0 spiro atoms. The number of benzene rings is 1. The van der Waals surface area contributed by atoms with Crippen molar-refractivity contribution in [2.24, 2.45) is 11.7 Å². The molecular weight excluding hydrogens is 304 g/mol. The molecule has 0 aliphatic carbocycles. The quantitative estimate of drug-likeness (QED) is 0.863. The molecule has 1 heterocycles. The Hall–Kier alpha value is -1.69. The van der Waals surface area contributed by atoms with E-state index in [9.17, 15) is 13.6 Å². The minimum absolute atomic E-state index is 0.283. The summed E-state index contributed by atoms with van der Waals surface area (Å²) < 4.78 is 37.2. The van der Waals surface area contributed by atoms with E-state index >= 15 is 0 Å². The molecule has 2 N–H and O–H groups in total. The fourth-order valence-electron chi connectivity index (χ4n) is 2.93. The highest BCUT2D eigenvalue weighted by molar-refractivity contribution is 5.75. The van der Waals surface area contributed by atoms with Crippen molar-refractivity contribution in [3.05, 3.63) is 30.3 Å². The van der Waals surface area contributed by atoms with Crippen molar-refractivity contribution in [2.75, 3.05) is 0 Å². The van der Waals surface area contributed by atoms with Crippen LogP contribution in [0.2, 0.25) is 0 Å². The van der Waals surface area contributed by atoms with Crippen molar-refractivity contribution in [3.8, 4) is 5.75 Å². The molecule has 128 valence electrons. The molecule has 0 amide bonds. The van der Waals surface area contributed by atoms with Crippen LogP contribution in [0, 0.1) is 5.92 Å². The first-order chi connectivity index (χ1) is 11.0. The zero-order valence-corrected chi connectivity index (χ0v) is 13.2. The first-order valence-corrected chi connectivity index (χ1v) is 7.93. The predicted octanol–water partition coefficient (Wildman–Crippen LogP) is 3.15. The van der Waals surface area contributed by atoms with E-state index in [0.717, 1.165) is 0 Å². The Kier molecular flexibility index (Phi) is 6.33. The standard InChI is InChI=1S/C17H23F2NO3/c1-11-16(23-13-7-3-2-4-8-13)12(10-15(18)19)6-5-9-14(20)17(21)22-11/h2-4,7-8,11-12,14-16H,5-6,9-10,20H2,1H3/t11-,12+,14-,16-/m0/s1. The number of cyclic esters (lactones) is 1. The second-order valence-electron chi connectivity index (χ2n) is 5.96. The largest absolute Gasteiger partial charge is 0.486 e. The van der Waals surface area contributed by atoms with Gasteiger partial charge in [0.25, 0.3) is 0 Å². The van der Waals surface area contributed by atoms with E-state index in [1.54, 1.807) is 31.2 Å². The number of hydrogen-bond donors (Lipinski definition) is 1. The average Bonchev–Trinajstić information content (AvgIpc) is 2.55. The molecule has 4 atom stereocenters. The van der Waals surface area contributed by atoms with Crippen LogP contribution in [0.25, 0.3) is 0 Å². The van der Waals surface area contributed by atoms with Crippen LogP contribution in [0.1, 0.15) is 32.6 Å². The van der Waals surface area contributed by atoms with Gasteiger partial charge in [-0.05, 0) is 31.9 Å². The second-order valence-corrected chi connectivity index (χ2v) is 5.96. The highest BCUT2D eigenvalue weighted by atomic mass is 19.3. The lowest BCUT2D eigenvalue weighted by atomic mass is 9.89. The summed E-state index contributed by atoms with van der Waals surface area (Å²) in [5, 5.41) is 0. The van der Waals surface area contributed by atoms with E-state index in [1.807, 2.05) is 6.07 Å². The number of carbonyl (C=O) groups is 1. The minimum Gasteiger partial charge on any atom is -0.486 e. The molecule has 1 aromatic carbocycles. The Morgan fingerprint density at radius 3 is 2.65 bits per heavy atom. The van der Waals surface area contributed by atoms with Gasteiger partial charge in [0.1, 0.15) is 24.0 Å². The predicted molar refractivity (Wildman–Crippen MR) is 82.3 cm³/mol. The van der Waals surface area contributed by atoms with Gasteiger partial charge in [0.05, 0.1) is 0 Å². The molecule has 0 aromatic heterocycles. The summed E-state index contributed by atoms with van der Waals surface area (Å²) in [6.07, 6.45) is -2.43. The molecule has 4 nitrogen and oxygen atoms in total. The van der Waals surface area contributed by atoms with Gasteiger partial charge in [0.15, 0.2) is 0 Å². The third-order valence-corrected chi connectivity index (χ3v) is 4.12. The summed E-state index contributed by atoms with van der Waals surface area (Å²) in [6, 6.07) is 8.26. The number of para-hydroxylation sites is 1. The second kappa shape index (κ2) is 8.24. The van der Waals surface area contributed by atoms with Crippen LogP contribution in [0.4, 0.5) is 8.78 Å². The van der Waals surface area contributed by atoms with E-state index in [1.165, 1.54) is 0 Å². The molecule has 0 radical (unpaired) electrons. The van der Waals surface area contributed by atoms with Gasteiger partial charge >= 0.3 is 5.97 Å². The van der Waals surface area contributed by atoms with Crippen LogP contribution in [0.5, 0.6) is 5.75 Å². The van der Waals surface area contributed by atoms with Gasteiger partial charge in [-0.15, -0.1) is 0 Å². The summed E-state index contributed by atoms with van der Waals surface area (Å²) in [5.41, 5.74) is 5.76. The van der Waals surface area contributed by atoms with Gasteiger partial charge in [-0.1, -0.05) is 24.6 Å². The van der Waals surface area contributed by atoms with Gasteiger partial charge in [-0.3, -0.25) is 4.79 Å². The lowest BCUT2D eigenvalue weighted by Gasteiger charge is -2.31. The molecule has 6 heteroatoms. The van der Waals surface area contributed by atoms with Gasteiger partial charge in [0.2, 0.25) is 6.43 Å². The Labute approximate surface area is 134 Å². The fourth-order valence-corrected chi connectivity index (χ4v) is 2.93. The summed E-state index contributed by atoms with van der Waals surface area (Å²) >= 11 is 0. The smallest absolute Gasteiger partial charge is 0.323 e. The van der Waals surface area contributed by atoms with E-state index in [2.05, 4.69) is 0 Å². The Morgan fingerprint density at radius 2 is 2.00 bits per heavy atom. The van der Waals surface area contributed by atoms with Gasteiger partial charge in [-0.25, -0.2) is 8.78 Å². The fraction of sp³-hybridized carbons (Fsp3) is 0.588. The van der Waals surface area contributed by atoms with Gasteiger partial charge in [0, 0.05) is 12.3 Å². The van der Waals surface area contributed by atoms with Crippen LogP contribution < -0.4 is 10.5 Å². The van der Waals surface area contributed by atoms with Crippen molar-refractivity contribution in [1.82, 2.24) is 0 Å². The lowest BCUT2D eigenvalue weighted by molar-refractivity contribution is -0.155. The van der Waals surface area contributed by atoms with E-state index in [4.69, 9.17) is 15.2 Å². The van der Waals surface area contributed by atoms with Crippen molar-refractivity contribution >= 4 is 5.97 Å². The van der Waals surface area contributed by atoms with Crippen molar-refractivity contribution in [3.63, 3.8) is 0 Å². The molecule has 1 aliphatic rings. The molecule has 0 saturated carbocycles. The average molecular weight is 327 g/mol. The van der Waals surface area contributed by atoms with E-state index < -0.39 is 36.6 Å². The summed E-state index contributed by atoms with van der Waals surface area (Å²) in [6.45, 7) is 1.67. The van der Waals surface area contributed by atoms with Crippen LogP contribution in [-0.4, -0.2) is 30.6 Å². The molecule has 1 fully saturated rings. The molecule has 2 rings (SSSR count). The van der Waals surface area contributed by atoms with E-state index in [-0.39, 0.29) is 6.42 Å². The highest BCUT2D eigenvalue weighted by Crippen LogP contribution is 2.29. The number of carbonyl (C=O) groups excluding carboxylic acids is 1. The van der Waals surface area contributed by atoms with Gasteiger partial charge in [-0.2, -0.15) is 0 Å². The number of alkyl halides is 2. The normalized spacial score (nSPS) is 29.3. The monoisotopic (exact) mass is 327 g/mol. The number of nitrogens with two attached hydrogens (primary N) is 1.